The van der Waals surface area contributed by atoms with Crippen LogP contribution in [0.4, 0.5) is 0 Å². The van der Waals surface area contributed by atoms with Gasteiger partial charge in [-0.15, -0.1) is 0 Å². The predicted octanol–water partition coefficient (Wildman–Crippen LogP) is 2.44. The maximum Gasteiger partial charge on any atom is 0.0994 e. The Morgan fingerprint density at radius 2 is 2.25 bits per heavy atom. The lowest BCUT2D eigenvalue weighted by atomic mass is 9.91. The third-order valence-electron chi connectivity index (χ3n) is 3.05. The first-order valence-corrected chi connectivity index (χ1v) is 6.06. The molecule has 1 heterocycles. The molecule has 0 unspecified atom stereocenters. The van der Waals surface area contributed by atoms with Crippen LogP contribution in [-0.4, -0.2) is 18.5 Å². The van der Waals surface area contributed by atoms with E-state index in [0.717, 1.165) is 37.2 Å². The molecule has 2 nitrogen and oxygen atoms in total. The summed E-state index contributed by atoms with van der Waals surface area (Å²) in [4.78, 5) is 0. The van der Waals surface area contributed by atoms with Gasteiger partial charge in [0.05, 0.1) is 18.2 Å². The molecule has 2 rings (SSSR count). The molecule has 1 saturated heterocycles. The highest BCUT2D eigenvalue weighted by molar-refractivity contribution is 7.81. The molecule has 1 aliphatic rings. The lowest BCUT2D eigenvalue weighted by Gasteiger charge is -2.28. The summed E-state index contributed by atoms with van der Waals surface area (Å²) in [7, 11) is 0. The molecule has 0 bridgehead atoms. The zero-order chi connectivity index (χ0) is 11.4. The summed E-state index contributed by atoms with van der Waals surface area (Å²) in [6, 6.07) is 10.0. The van der Waals surface area contributed by atoms with Crippen LogP contribution >= 0.6 is 12.6 Å². The second-order valence-corrected chi connectivity index (χ2v) is 4.83. The van der Waals surface area contributed by atoms with Crippen molar-refractivity contribution in [2.45, 2.75) is 18.1 Å². The van der Waals surface area contributed by atoms with E-state index in [1.807, 2.05) is 24.3 Å². The van der Waals surface area contributed by atoms with Crippen LogP contribution in [0.15, 0.2) is 24.3 Å². The number of nitrogens with zero attached hydrogens (tertiary/aromatic N) is 1. The molecule has 16 heavy (non-hydrogen) atoms. The van der Waals surface area contributed by atoms with Crippen LogP contribution < -0.4 is 0 Å². The van der Waals surface area contributed by atoms with Crippen molar-refractivity contribution in [1.82, 2.24) is 0 Å². The number of hydrogen-bond donors (Lipinski definition) is 1. The maximum absolute atomic E-state index is 9.01. The summed E-state index contributed by atoms with van der Waals surface area (Å²) in [5.74, 6) is 0.423. The second-order valence-electron chi connectivity index (χ2n) is 4.16. The van der Waals surface area contributed by atoms with Gasteiger partial charge in [-0.3, -0.25) is 0 Å². The highest BCUT2D eigenvalue weighted by Gasteiger charge is 2.23. The Kier molecular flexibility index (Phi) is 3.87. The van der Waals surface area contributed by atoms with Gasteiger partial charge in [0.15, 0.2) is 0 Å². The van der Waals surface area contributed by atoms with Crippen molar-refractivity contribution in [2.24, 2.45) is 5.92 Å². The molecular weight excluding hydrogens is 218 g/mol. The Bertz CT molecular complexity index is 399. The van der Waals surface area contributed by atoms with E-state index >= 15 is 0 Å². The largest absolute Gasteiger partial charge is 0.381 e. The van der Waals surface area contributed by atoms with Crippen molar-refractivity contribution in [1.29, 1.82) is 5.26 Å². The average Bonchev–Trinajstić information content (AvgIpc) is 2.33. The Labute approximate surface area is 102 Å². The molecule has 0 aliphatic carbocycles. The molecule has 1 fully saturated rings. The number of hydrogen-bond acceptors (Lipinski definition) is 3. The minimum absolute atomic E-state index is 0.389. The summed E-state index contributed by atoms with van der Waals surface area (Å²) in [5.41, 5.74) is 1.88. The highest BCUT2D eigenvalue weighted by atomic mass is 32.1. The molecule has 2 atom stereocenters. The second kappa shape index (κ2) is 5.38. The summed E-state index contributed by atoms with van der Waals surface area (Å²) in [6.45, 7) is 1.57. The lowest BCUT2D eigenvalue weighted by molar-refractivity contribution is 0.0596. The van der Waals surface area contributed by atoms with E-state index in [1.165, 1.54) is 0 Å². The molecule has 1 aromatic carbocycles. The molecule has 0 radical (unpaired) electrons. The fraction of sp³-hybridized carbons (Fsp3) is 0.462. The van der Waals surface area contributed by atoms with Crippen LogP contribution in [0, 0.1) is 17.2 Å². The van der Waals surface area contributed by atoms with E-state index < -0.39 is 0 Å². The monoisotopic (exact) mass is 233 g/mol. The van der Waals surface area contributed by atoms with Gasteiger partial charge in [-0.2, -0.15) is 17.9 Å². The first-order chi connectivity index (χ1) is 7.81. The molecule has 0 N–H and O–H groups in total. The van der Waals surface area contributed by atoms with Crippen LogP contribution in [0.25, 0.3) is 0 Å². The van der Waals surface area contributed by atoms with Crippen LogP contribution in [0.2, 0.25) is 0 Å². The van der Waals surface area contributed by atoms with E-state index in [-0.39, 0.29) is 0 Å². The van der Waals surface area contributed by atoms with Gasteiger partial charge in [-0.1, -0.05) is 18.2 Å². The van der Waals surface area contributed by atoms with Crippen LogP contribution in [0.1, 0.15) is 17.5 Å². The Morgan fingerprint density at radius 1 is 1.44 bits per heavy atom. The van der Waals surface area contributed by atoms with E-state index in [2.05, 4.69) is 18.7 Å². The molecule has 3 heteroatoms. The molecule has 0 spiro atoms. The first-order valence-electron chi connectivity index (χ1n) is 5.55. The molecular formula is C13H15NOS. The predicted molar refractivity (Wildman–Crippen MR) is 66.6 cm³/mol. The lowest BCUT2D eigenvalue weighted by Crippen LogP contribution is -2.29. The number of benzene rings is 1. The van der Waals surface area contributed by atoms with Gasteiger partial charge >= 0.3 is 0 Å². The highest BCUT2D eigenvalue weighted by Crippen LogP contribution is 2.24. The average molecular weight is 233 g/mol. The first kappa shape index (κ1) is 11.5. The van der Waals surface area contributed by atoms with Gasteiger partial charge < -0.3 is 4.74 Å². The van der Waals surface area contributed by atoms with Crippen molar-refractivity contribution in [3.63, 3.8) is 0 Å². The third-order valence-corrected chi connectivity index (χ3v) is 3.73. The standard InChI is InChI=1S/C13H15NOS/c14-8-11-4-2-1-3-10(11)7-12-9-15-6-5-13(12)16/h1-4,12-13,16H,5-7,9H2/t12-,13-/m0/s1. The molecule has 0 amide bonds. The van der Waals surface area contributed by atoms with Gasteiger partial charge in [0.25, 0.3) is 0 Å². The Hall–Kier alpha value is -0.980. The quantitative estimate of drug-likeness (QED) is 0.796. The van der Waals surface area contributed by atoms with Crippen molar-refractivity contribution in [3.05, 3.63) is 35.4 Å². The SMILES string of the molecule is N#Cc1ccccc1C[C@H]1COCC[C@@H]1S. The summed E-state index contributed by atoms with van der Waals surface area (Å²) < 4.78 is 5.47. The van der Waals surface area contributed by atoms with E-state index in [1.54, 1.807) is 0 Å². The molecule has 0 saturated carbocycles. The van der Waals surface area contributed by atoms with Crippen LogP contribution in [0.3, 0.4) is 0 Å². The zero-order valence-corrected chi connectivity index (χ0v) is 9.99. The van der Waals surface area contributed by atoms with E-state index in [0.29, 0.717) is 11.2 Å². The molecule has 1 aliphatic heterocycles. The van der Waals surface area contributed by atoms with Crippen molar-refractivity contribution in [3.8, 4) is 6.07 Å². The Morgan fingerprint density at radius 3 is 3.00 bits per heavy atom. The maximum atomic E-state index is 9.01. The topological polar surface area (TPSA) is 33.0 Å². The number of nitriles is 1. The number of thiol groups is 1. The van der Waals surface area contributed by atoms with Gasteiger partial charge in [-0.25, -0.2) is 0 Å². The minimum atomic E-state index is 0.389. The van der Waals surface area contributed by atoms with Crippen LogP contribution in [-0.2, 0) is 11.2 Å². The van der Waals surface area contributed by atoms with Gasteiger partial charge in [0, 0.05) is 11.9 Å². The van der Waals surface area contributed by atoms with Gasteiger partial charge in [-0.05, 0) is 30.4 Å². The number of ether oxygens (including phenoxy) is 1. The fourth-order valence-electron chi connectivity index (χ4n) is 2.07. The van der Waals surface area contributed by atoms with Crippen molar-refractivity contribution in [2.75, 3.05) is 13.2 Å². The third kappa shape index (κ3) is 2.58. The van der Waals surface area contributed by atoms with E-state index in [9.17, 15) is 0 Å². The number of rotatable bonds is 2. The normalized spacial score (nSPS) is 25.0. The van der Waals surface area contributed by atoms with Gasteiger partial charge in [0.2, 0.25) is 0 Å². The molecule has 84 valence electrons. The van der Waals surface area contributed by atoms with Gasteiger partial charge in [0.1, 0.15) is 0 Å². The van der Waals surface area contributed by atoms with Crippen molar-refractivity contribution >= 4 is 12.6 Å². The van der Waals surface area contributed by atoms with Crippen LogP contribution in [0.5, 0.6) is 0 Å². The summed E-state index contributed by atoms with van der Waals surface area (Å²) in [5, 5.41) is 9.40. The minimum Gasteiger partial charge on any atom is -0.381 e. The fourth-order valence-corrected chi connectivity index (χ4v) is 2.37. The summed E-state index contributed by atoms with van der Waals surface area (Å²) in [6.07, 6.45) is 1.89. The molecule has 0 aromatic heterocycles. The van der Waals surface area contributed by atoms with Crippen molar-refractivity contribution < 1.29 is 4.74 Å². The van der Waals surface area contributed by atoms with E-state index in [4.69, 9.17) is 10.00 Å². The Balaban J connectivity index is 2.11. The zero-order valence-electron chi connectivity index (χ0n) is 9.10. The smallest absolute Gasteiger partial charge is 0.0994 e. The summed E-state index contributed by atoms with van der Waals surface area (Å²) >= 11 is 4.59. The molecule has 1 aromatic rings.